The zero-order valence-electron chi connectivity index (χ0n) is 13.6. The van der Waals surface area contributed by atoms with Gasteiger partial charge in [0.15, 0.2) is 5.78 Å². The molecule has 0 spiro atoms. The molecule has 1 aliphatic heterocycles. The number of Topliss-reactive ketones (excluding diaryl/α,β-unsaturated/α-hetero) is 1. The third kappa shape index (κ3) is 2.63. The van der Waals surface area contributed by atoms with E-state index in [0.29, 0.717) is 17.6 Å². The van der Waals surface area contributed by atoms with Crippen LogP contribution in [0.5, 0.6) is 5.75 Å². The van der Waals surface area contributed by atoms with E-state index in [1.165, 1.54) is 0 Å². The van der Waals surface area contributed by atoms with Crippen molar-refractivity contribution in [3.63, 3.8) is 0 Å². The maximum Gasteiger partial charge on any atom is 0.162 e. The Balaban J connectivity index is 2.17. The zero-order chi connectivity index (χ0) is 16.8. The largest absolute Gasteiger partial charge is 0.508 e. The number of nitrogens with zero attached hydrogens (tertiary/aromatic N) is 1. The number of hydrogen-bond acceptors (Lipinski definition) is 4. The number of nitrogens with one attached hydrogen (secondary N) is 1. The Bertz CT molecular complexity index is 777. The van der Waals surface area contributed by atoms with E-state index in [0.717, 1.165) is 23.4 Å². The number of aromatic hydroxyl groups is 1. The molecule has 0 saturated carbocycles. The number of carbonyl (C=O) groups excluding carboxylic acids is 1. The number of ketones is 1. The number of hydrogen-bond donors (Lipinski definition) is 2. The Morgan fingerprint density at radius 1 is 1.26 bits per heavy atom. The molecule has 1 heterocycles. The second-order valence-corrected chi connectivity index (χ2v) is 7.13. The number of nitriles is 1. The lowest BCUT2D eigenvalue weighted by atomic mass is 9.69. The van der Waals surface area contributed by atoms with Gasteiger partial charge in [0.2, 0.25) is 0 Å². The van der Waals surface area contributed by atoms with Crippen LogP contribution < -0.4 is 5.32 Å². The average molecular weight is 308 g/mol. The maximum absolute atomic E-state index is 12.8. The second kappa shape index (κ2) is 5.27. The number of rotatable bonds is 1. The lowest BCUT2D eigenvalue weighted by molar-refractivity contribution is -0.118. The van der Waals surface area contributed by atoms with Crippen LogP contribution in [-0.2, 0) is 4.79 Å². The van der Waals surface area contributed by atoms with Gasteiger partial charge < -0.3 is 10.4 Å². The minimum absolute atomic E-state index is 0.0765. The molecule has 0 fully saturated rings. The van der Waals surface area contributed by atoms with Crippen LogP contribution in [0.25, 0.3) is 0 Å². The van der Waals surface area contributed by atoms with Crippen LogP contribution in [0.15, 0.2) is 46.8 Å². The first-order valence-corrected chi connectivity index (χ1v) is 7.75. The number of benzene rings is 1. The van der Waals surface area contributed by atoms with Crippen molar-refractivity contribution in [2.24, 2.45) is 5.41 Å². The van der Waals surface area contributed by atoms with Crippen molar-refractivity contribution in [1.82, 2.24) is 5.32 Å². The molecule has 4 heteroatoms. The topological polar surface area (TPSA) is 73.1 Å². The summed E-state index contributed by atoms with van der Waals surface area (Å²) in [6.07, 6.45) is 1.28. The highest BCUT2D eigenvalue weighted by atomic mass is 16.3. The third-order valence-corrected chi connectivity index (χ3v) is 4.59. The molecule has 4 nitrogen and oxygen atoms in total. The van der Waals surface area contributed by atoms with Crippen LogP contribution in [0.3, 0.4) is 0 Å². The SMILES string of the molecule is CC1=C(C#N)[C@@H](c2ccc(O)cc2)C2=C(CC(C)(C)CC2=O)N1. The van der Waals surface area contributed by atoms with E-state index in [4.69, 9.17) is 0 Å². The van der Waals surface area contributed by atoms with E-state index in [1.54, 1.807) is 24.3 Å². The van der Waals surface area contributed by atoms with Gasteiger partial charge in [-0.2, -0.15) is 5.26 Å². The molecule has 118 valence electrons. The predicted octanol–water partition coefficient (Wildman–Crippen LogP) is 3.52. The molecule has 0 amide bonds. The van der Waals surface area contributed by atoms with Crippen LogP contribution in [0, 0.1) is 16.7 Å². The second-order valence-electron chi connectivity index (χ2n) is 7.13. The zero-order valence-corrected chi connectivity index (χ0v) is 13.6. The van der Waals surface area contributed by atoms with Crippen molar-refractivity contribution in [2.45, 2.75) is 39.5 Å². The average Bonchev–Trinajstić information content (AvgIpc) is 2.45. The third-order valence-electron chi connectivity index (χ3n) is 4.59. The quantitative estimate of drug-likeness (QED) is 0.832. The molecule has 0 saturated heterocycles. The van der Waals surface area contributed by atoms with Crippen LogP contribution in [0.1, 0.15) is 45.1 Å². The van der Waals surface area contributed by atoms with Crippen LogP contribution in [-0.4, -0.2) is 10.9 Å². The molecule has 1 aliphatic carbocycles. The van der Waals surface area contributed by atoms with Gasteiger partial charge in [-0.25, -0.2) is 0 Å². The lowest BCUT2D eigenvalue weighted by Gasteiger charge is -2.38. The monoisotopic (exact) mass is 308 g/mol. The van der Waals surface area contributed by atoms with Gasteiger partial charge in [-0.1, -0.05) is 26.0 Å². The first-order chi connectivity index (χ1) is 10.8. The standard InChI is InChI=1S/C19H20N2O2/c1-11-14(10-20)17(12-4-6-13(22)7-5-12)18-15(21-11)8-19(2,3)9-16(18)23/h4-7,17,21-22H,8-9H2,1-3H3/t17-/m1/s1. The van der Waals surface area contributed by atoms with Crippen molar-refractivity contribution >= 4 is 5.78 Å². The molecule has 0 unspecified atom stereocenters. The molecule has 2 N–H and O–H groups in total. The van der Waals surface area contributed by atoms with Gasteiger partial charge in [0.05, 0.1) is 17.6 Å². The highest BCUT2D eigenvalue weighted by Crippen LogP contribution is 2.46. The van der Waals surface area contributed by atoms with Gasteiger partial charge in [0.1, 0.15) is 5.75 Å². The summed E-state index contributed by atoms with van der Waals surface area (Å²) in [7, 11) is 0. The van der Waals surface area contributed by atoms with Gasteiger partial charge >= 0.3 is 0 Å². The first-order valence-electron chi connectivity index (χ1n) is 7.75. The molecule has 23 heavy (non-hydrogen) atoms. The molecule has 0 bridgehead atoms. The van der Waals surface area contributed by atoms with E-state index in [9.17, 15) is 15.2 Å². The summed E-state index contributed by atoms with van der Waals surface area (Å²) in [6.45, 7) is 6.05. The molecule has 1 aromatic carbocycles. The highest BCUT2D eigenvalue weighted by Gasteiger charge is 2.40. The van der Waals surface area contributed by atoms with Crippen molar-refractivity contribution in [3.8, 4) is 11.8 Å². The summed E-state index contributed by atoms with van der Waals surface area (Å²) in [5.74, 6) is -0.0743. The minimum Gasteiger partial charge on any atom is -0.508 e. The normalized spacial score (nSPS) is 23.2. The van der Waals surface area contributed by atoms with Crippen molar-refractivity contribution in [3.05, 3.63) is 52.4 Å². The minimum atomic E-state index is -0.347. The van der Waals surface area contributed by atoms with Crippen molar-refractivity contribution < 1.29 is 9.90 Å². The van der Waals surface area contributed by atoms with E-state index < -0.39 is 0 Å². The van der Waals surface area contributed by atoms with E-state index in [1.807, 2.05) is 6.92 Å². The van der Waals surface area contributed by atoms with Gasteiger partial charge in [0, 0.05) is 23.4 Å². The van der Waals surface area contributed by atoms with Crippen molar-refractivity contribution in [1.29, 1.82) is 5.26 Å². The van der Waals surface area contributed by atoms with Gasteiger partial charge in [-0.05, 0) is 36.5 Å². The van der Waals surface area contributed by atoms with E-state index in [2.05, 4.69) is 25.2 Å². The molecule has 2 aliphatic rings. The molecular formula is C19H20N2O2. The van der Waals surface area contributed by atoms with Crippen LogP contribution >= 0.6 is 0 Å². The van der Waals surface area contributed by atoms with E-state index in [-0.39, 0.29) is 22.9 Å². The Morgan fingerprint density at radius 3 is 2.52 bits per heavy atom. The first kappa shape index (κ1) is 15.4. The predicted molar refractivity (Wildman–Crippen MR) is 87.3 cm³/mol. The Kier molecular flexibility index (Phi) is 3.52. The Hall–Kier alpha value is -2.54. The number of phenolic OH excluding ortho intramolecular Hbond substituents is 1. The molecule has 0 radical (unpaired) electrons. The molecular weight excluding hydrogens is 288 g/mol. The molecule has 0 aromatic heterocycles. The molecule has 3 rings (SSSR count). The van der Waals surface area contributed by atoms with E-state index >= 15 is 0 Å². The summed E-state index contributed by atoms with van der Waals surface area (Å²) in [5.41, 5.74) is 3.79. The van der Waals surface area contributed by atoms with Crippen molar-refractivity contribution in [2.75, 3.05) is 0 Å². The number of carbonyl (C=O) groups is 1. The summed E-state index contributed by atoms with van der Waals surface area (Å²) in [5, 5.41) is 22.4. The van der Waals surface area contributed by atoms with Gasteiger partial charge in [-0.3, -0.25) is 4.79 Å². The summed E-state index contributed by atoms with van der Waals surface area (Å²) >= 11 is 0. The molecule has 1 atom stereocenters. The smallest absolute Gasteiger partial charge is 0.162 e. The Labute approximate surface area is 136 Å². The summed E-state index contributed by atoms with van der Waals surface area (Å²) in [6, 6.07) is 9.02. The fourth-order valence-electron chi connectivity index (χ4n) is 3.58. The molecule has 1 aromatic rings. The fourth-order valence-corrected chi connectivity index (χ4v) is 3.58. The number of phenols is 1. The fraction of sp³-hybridized carbons (Fsp3) is 0.368. The maximum atomic E-state index is 12.8. The Morgan fingerprint density at radius 2 is 1.91 bits per heavy atom. The van der Waals surface area contributed by atoms with Gasteiger partial charge in [0.25, 0.3) is 0 Å². The van der Waals surface area contributed by atoms with Gasteiger partial charge in [-0.15, -0.1) is 0 Å². The van der Waals surface area contributed by atoms with Crippen LogP contribution in [0.4, 0.5) is 0 Å². The highest BCUT2D eigenvalue weighted by molar-refractivity contribution is 6.00. The summed E-state index contributed by atoms with van der Waals surface area (Å²) < 4.78 is 0. The summed E-state index contributed by atoms with van der Waals surface area (Å²) in [4.78, 5) is 12.8. The number of allylic oxidation sites excluding steroid dienone is 4. The number of dihydropyridines is 1. The lowest BCUT2D eigenvalue weighted by Crippen LogP contribution is -2.36. The van der Waals surface area contributed by atoms with Crippen LogP contribution in [0.2, 0.25) is 0 Å².